The first-order valence-corrected chi connectivity index (χ1v) is 4.41. The monoisotopic (exact) mass is 301 g/mol. The molecule has 13 heavy (non-hydrogen) atoms. The molecule has 1 heterocycles. The molecule has 0 radical (unpaired) electrons. The summed E-state index contributed by atoms with van der Waals surface area (Å²) in [5.74, 6) is -0.627. The van der Waals surface area contributed by atoms with Crippen LogP contribution in [0.3, 0.4) is 0 Å². The molecule has 0 saturated carbocycles. The van der Waals surface area contributed by atoms with Crippen molar-refractivity contribution in [2.45, 2.75) is 13.0 Å². The average Bonchev–Trinajstić information content (AvgIpc) is 2.08. The number of aliphatic hydroxyl groups is 1. The van der Waals surface area contributed by atoms with E-state index < -0.39 is 24.3 Å². The van der Waals surface area contributed by atoms with Gasteiger partial charge in [0.2, 0.25) is 0 Å². The lowest BCUT2D eigenvalue weighted by molar-refractivity contribution is 0.146. The van der Waals surface area contributed by atoms with Crippen LogP contribution in [-0.2, 0) is 6.61 Å². The molecule has 0 aliphatic rings. The van der Waals surface area contributed by atoms with Crippen LogP contribution in [0.5, 0.6) is 5.75 Å². The molecule has 0 aliphatic carbocycles. The van der Waals surface area contributed by atoms with E-state index in [1.54, 1.807) is 22.6 Å². The van der Waals surface area contributed by atoms with Crippen molar-refractivity contribution < 1.29 is 19.0 Å². The Morgan fingerprint density at radius 2 is 2.15 bits per heavy atom. The number of aromatic hydroxyl groups is 1. The van der Waals surface area contributed by atoms with E-state index in [2.05, 4.69) is 4.98 Å². The maximum Gasteiger partial charge on any atom is 0.267 e. The number of aliphatic hydroxyl groups excluding tert-OH is 1. The van der Waals surface area contributed by atoms with E-state index in [1.165, 1.54) is 0 Å². The van der Waals surface area contributed by atoms with Crippen molar-refractivity contribution in [3.63, 3.8) is 0 Å². The average molecular weight is 301 g/mol. The van der Waals surface area contributed by atoms with E-state index in [4.69, 9.17) is 5.11 Å². The van der Waals surface area contributed by atoms with Crippen molar-refractivity contribution in [3.05, 3.63) is 21.0 Å². The van der Waals surface area contributed by atoms with Gasteiger partial charge in [0, 0.05) is 0 Å². The van der Waals surface area contributed by atoms with Crippen LogP contribution in [-0.4, -0.2) is 15.2 Å². The first-order valence-electron chi connectivity index (χ1n) is 3.33. The van der Waals surface area contributed by atoms with E-state index in [0.29, 0.717) is 3.70 Å². The molecule has 1 rings (SSSR count). The molecular weight excluding hydrogens is 295 g/mol. The van der Waals surface area contributed by atoms with Crippen LogP contribution in [0.4, 0.5) is 8.78 Å². The molecule has 1 aromatic rings. The molecule has 72 valence electrons. The van der Waals surface area contributed by atoms with Crippen LogP contribution in [0.2, 0.25) is 0 Å². The highest BCUT2D eigenvalue weighted by molar-refractivity contribution is 14.1. The Kier molecular flexibility index (Phi) is 3.37. The van der Waals surface area contributed by atoms with Gasteiger partial charge >= 0.3 is 0 Å². The summed E-state index contributed by atoms with van der Waals surface area (Å²) in [7, 11) is 0. The van der Waals surface area contributed by atoms with Gasteiger partial charge < -0.3 is 10.2 Å². The number of alkyl halides is 2. The van der Waals surface area contributed by atoms with E-state index in [-0.39, 0.29) is 5.69 Å². The molecule has 3 nitrogen and oxygen atoms in total. The van der Waals surface area contributed by atoms with Gasteiger partial charge in [0.1, 0.15) is 15.1 Å². The fraction of sp³-hybridized carbons (Fsp3) is 0.286. The Morgan fingerprint density at radius 3 is 2.62 bits per heavy atom. The number of pyridine rings is 1. The third-order valence-corrected chi connectivity index (χ3v) is 2.00. The summed E-state index contributed by atoms with van der Waals surface area (Å²) in [5.41, 5.74) is -0.620. The molecule has 0 amide bonds. The SMILES string of the molecule is OCc1nc(I)cc(C(F)F)c1O. The van der Waals surface area contributed by atoms with Gasteiger partial charge in [-0.3, -0.25) is 0 Å². The Morgan fingerprint density at radius 1 is 1.54 bits per heavy atom. The lowest BCUT2D eigenvalue weighted by Gasteiger charge is -2.07. The second-order valence-electron chi connectivity index (χ2n) is 2.29. The summed E-state index contributed by atoms with van der Waals surface area (Å²) in [5, 5.41) is 17.9. The van der Waals surface area contributed by atoms with Crippen LogP contribution in [0, 0.1) is 3.70 Å². The summed E-state index contributed by atoms with van der Waals surface area (Å²) in [6, 6.07) is 1.08. The smallest absolute Gasteiger partial charge is 0.267 e. The third kappa shape index (κ3) is 2.25. The zero-order valence-electron chi connectivity index (χ0n) is 6.34. The molecule has 0 fully saturated rings. The predicted molar refractivity (Wildman–Crippen MR) is 49.5 cm³/mol. The van der Waals surface area contributed by atoms with E-state index in [1.807, 2.05) is 0 Å². The number of aromatic nitrogens is 1. The van der Waals surface area contributed by atoms with Gasteiger partial charge in [-0.1, -0.05) is 0 Å². The molecule has 0 aromatic carbocycles. The Bertz CT molecular complexity index is 320. The highest BCUT2D eigenvalue weighted by Crippen LogP contribution is 2.31. The topological polar surface area (TPSA) is 53.4 Å². The number of hydrogen-bond donors (Lipinski definition) is 2. The lowest BCUT2D eigenvalue weighted by Crippen LogP contribution is -1.97. The minimum atomic E-state index is -2.76. The minimum absolute atomic E-state index is 0.123. The highest BCUT2D eigenvalue weighted by atomic mass is 127. The van der Waals surface area contributed by atoms with Gasteiger partial charge in [-0.05, 0) is 28.7 Å². The summed E-state index contributed by atoms with van der Waals surface area (Å²) in [6.07, 6.45) is -2.76. The number of nitrogens with zero attached hydrogens (tertiary/aromatic N) is 1. The quantitative estimate of drug-likeness (QED) is 0.647. The fourth-order valence-electron chi connectivity index (χ4n) is 0.854. The lowest BCUT2D eigenvalue weighted by atomic mass is 10.2. The van der Waals surface area contributed by atoms with Gasteiger partial charge in [-0.2, -0.15) is 0 Å². The Balaban J connectivity index is 3.27. The molecule has 0 spiro atoms. The summed E-state index contributed by atoms with van der Waals surface area (Å²) < 4.78 is 24.8. The van der Waals surface area contributed by atoms with Crippen molar-refractivity contribution >= 4 is 22.6 Å². The summed E-state index contributed by atoms with van der Waals surface area (Å²) in [6.45, 7) is -0.553. The third-order valence-electron chi connectivity index (χ3n) is 1.45. The second kappa shape index (κ2) is 4.14. The van der Waals surface area contributed by atoms with Crippen molar-refractivity contribution in [1.82, 2.24) is 4.98 Å². The van der Waals surface area contributed by atoms with Crippen LogP contribution >= 0.6 is 22.6 Å². The zero-order chi connectivity index (χ0) is 10.0. The highest BCUT2D eigenvalue weighted by Gasteiger charge is 2.17. The van der Waals surface area contributed by atoms with Gasteiger partial charge in [-0.15, -0.1) is 0 Å². The largest absolute Gasteiger partial charge is 0.505 e. The van der Waals surface area contributed by atoms with Crippen LogP contribution < -0.4 is 0 Å². The Labute approximate surface area is 86.6 Å². The molecule has 0 aliphatic heterocycles. The fourth-order valence-corrected chi connectivity index (χ4v) is 1.48. The van der Waals surface area contributed by atoms with E-state index >= 15 is 0 Å². The van der Waals surface area contributed by atoms with Crippen molar-refractivity contribution in [2.24, 2.45) is 0 Å². The summed E-state index contributed by atoms with van der Waals surface area (Å²) >= 11 is 1.74. The van der Waals surface area contributed by atoms with Crippen LogP contribution in [0.25, 0.3) is 0 Å². The number of hydrogen-bond acceptors (Lipinski definition) is 3. The normalized spacial score (nSPS) is 10.8. The maximum absolute atomic E-state index is 12.3. The first-order chi connectivity index (χ1) is 6.06. The summed E-state index contributed by atoms with van der Waals surface area (Å²) in [4.78, 5) is 3.69. The number of halogens is 3. The second-order valence-corrected chi connectivity index (χ2v) is 3.39. The molecule has 0 unspecified atom stereocenters. The van der Waals surface area contributed by atoms with Crippen molar-refractivity contribution in [2.75, 3.05) is 0 Å². The molecule has 6 heteroatoms. The van der Waals surface area contributed by atoms with Gasteiger partial charge in [0.25, 0.3) is 6.43 Å². The van der Waals surface area contributed by atoms with E-state index in [0.717, 1.165) is 6.07 Å². The van der Waals surface area contributed by atoms with Crippen molar-refractivity contribution in [3.8, 4) is 5.75 Å². The number of rotatable bonds is 2. The van der Waals surface area contributed by atoms with Gasteiger partial charge in [-0.25, -0.2) is 13.8 Å². The van der Waals surface area contributed by atoms with Gasteiger partial charge in [0.15, 0.2) is 0 Å². The molecular formula is C7H6F2INO2. The van der Waals surface area contributed by atoms with Crippen molar-refractivity contribution in [1.29, 1.82) is 0 Å². The predicted octanol–water partition coefficient (Wildman–Crippen LogP) is 1.82. The molecule has 2 N–H and O–H groups in total. The van der Waals surface area contributed by atoms with Crippen LogP contribution in [0.1, 0.15) is 17.7 Å². The van der Waals surface area contributed by atoms with Gasteiger partial charge in [0.05, 0.1) is 12.2 Å². The Hall–Kier alpha value is -0.500. The molecule has 0 bridgehead atoms. The molecule has 0 saturated heterocycles. The first kappa shape index (κ1) is 10.6. The zero-order valence-corrected chi connectivity index (χ0v) is 8.49. The molecule has 0 atom stereocenters. The van der Waals surface area contributed by atoms with E-state index in [9.17, 15) is 13.9 Å². The minimum Gasteiger partial charge on any atom is -0.505 e. The molecule has 1 aromatic heterocycles. The van der Waals surface area contributed by atoms with Crippen LogP contribution in [0.15, 0.2) is 6.07 Å². The maximum atomic E-state index is 12.3. The standard InChI is InChI=1S/C7H6F2INO2/c8-7(9)3-1-5(10)11-4(2-12)6(3)13/h1,7,12-13H,2H2.